The Bertz CT molecular complexity index is 1270. The maximum Gasteiger partial charge on any atom is 0.325 e. The van der Waals surface area contributed by atoms with E-state index in [0.29, 0.717) is 47.6 Å². The third kappa shape index (κ3) is 5.58. The van der Waals surface area contributed by atoms with Crippen LogP contribution in [0.1, 0.15) is 40.2 Å². The molecule has 0 saturated carbocycles. The number of hydrogen-bond acceptors (Lipinski definition) is 9. The van der Waals surface area contributed by atoms with Gasteiger partial charge < -0.3 is 24.6 Å². The van der Waals surface area contributed by atoms with Crippen LogP contribution < -0.4 is 25.0 Å². The highest BCUT2D eigenvalue weighted by Gasteiger charge is 2.25. The lowest BCUT2D eigenvalue weighted by Crippen LogP contribution is -2.36. The van der Waals surface area contributed by atoms with Crippen molar-refractivity contribution in [2.75, 3.05) is 49.4 Å². The first-order valence-electron chi connectivity index (χ1n) is 12.2. The van der Waals surface area contributed by atoms with E-state index in [9.17, 15) is 9.59 Å². The molecule has 4 heterocycles. The Hall–Kier alpha value is -3.93. The molecule has 1 aromatic carbocycles. The van der Waals surface area contributed by atoms with Crippen LogP contribution in [0.5, 0.6) is 11.9 Å². The first-order valence-corrected chi connectivity index (χ1v) is 13.0. The van der Waals surface area contributed by atoms with Crippen LogP contribution in [0.2, 0.25) is 0 Å². The highest BCUT2D eigenvalue weighted by atomic mass is 32.1. The Labute approximate surface area is 218 Å². The summed E-state index contributed by atoms with van der Waals surface area (Å²) in [4.78, 5) is 44.1. The van der Waals surface area contributed by atoms with E-state index in [1.165, 1.54) is 18.4 Å². The molecular weight excluding hydrogens is 494 g/mol. The van der Waals surface area contributed by atoms with Crippen molar-refractivity contribution in [1.29, 1.82) is 0 Å². The van der Waals surface area contributed by atoms with Gasteiger partial charge in [0.25, 0.3) is 5.91 Å². The number of aromatic nitrogens is 3. The monoisotopic (exact) mass is 523 g/mol. The number of piperidine rings is 1. The molecule has 3 amide bonds. The Morgan fingerprint density at radius 1 is 0.973 bits per heavy atom. The summed E-state index contributed by atoms with van der Waals surface area (Å²) in [5.41, 5.74) is 1.92. The molecule has 0 atom stereocenters. The first kappa shape index (κ1) is 24.8. The summed E-state index contributed by atoms with van der Waals surface area (Å²) in [6.45, 7) is 2.79. The number of nitrogens with zero attached hydrogens (tertiary/aromatic N) is 5. The quantitative estimate of drug-likeness (QED) is 0.501. The van der Waals surface area contributed by atoms with Crippen molar-refractivity contribution in [2.45, 2.75) is 32.2 Å². The predicted octanol–water partition coefficient (Wildman–Crippen LogP) is 3.78. The molecule has 1 saturated heterocycles. The summed E-state index contributed by atoms with van der Waals surface area (Å²) in [7, 11) is 3.06. The zero-order valence-electron chi connectivity index (χ0n) is 20.8. The lowest BCUT2D eigenvalue weighted by atomic mass is 10.1. The molecule has 2 aromatic heterocycles. The Morgan fingerprint density at radius 2 is 1.78 bits per heavy atom. The molecule has 0 bridgehead atoms. The second kappa shape index (κ2) is 11.0. The second-order valence-corrected chi connectivity index (χ2v) is 9.88. The standard InChI is InChI=1S/C25H29N7O4S/c1-35-21-14-20(28-24(29-21)36-2)32-13-10-18-19(15-32)37-25(27-18)30-23(34)26-17-9-5-4-8-16(17)22(33)31-11-6-3-7-12-31/h4-5,8-9,14H,3,6-7,10-13,15H2,1-2H3,(H2,26,27,30,34). The number of nitrogens with one attached hydrogen (secondary N) is 2. The normalized spacial score (nSPS) is 15.1. The zero-order chi connectivity index (χ0) is 25.8. The zero-order valence-corrected chi connectivity index (χ0v) is 21.6. The van der Waals surface area contributed by atoms with Gasteiger partial charge in [0.1, 0.15) is 5.82 Å². The third-order valence-electron chi connectivity index (χ3n) is 6.38. The molecule has 12 heteroatoms. The molecule has 0 unspecified atom stereocenters. The van der Waals surface area contributed by atoms with Crippen molar-refractivity contribution in [1.82, 2.24) is 19.9 Å². The van der Waals surface area contributed by atoms with Crippen molar-refractivity contribution in [3.63, 3.8) is 0 Å². The molecule has 2 aliphatic rings. The number of amides is 3. The SMILES string of the molecule is COc1cc(N2CCc3nc(NC(=O)Nc4ccccc4C(=O)N4CCCCC4)sc3C2)nc(OC)n1. The number of para-hydroxylation sites is 1. The molecular formula is C25H29N7O4S. The van der Waals surface area contributed by atoms with E-state index in [4.69, 9.17) is 9.47 Å². The molecule has 0 aliphatic carbocycles. The van der Waals surface area contributed by atoms with Crippen LogP contribution in [0.4, 0.5) is 21.4 Å². The fourth-order valence-electron chi connectivity index (χ4n) is 4.49. The van der Waals surface area contributed by atoms with Crippen LogP contribution in [0.3, 0.4) is 0 Å². The van der Waals surface area contributed by atoms with E-state index in [-0.39, 0.29) is 11.9 Å². The van der Waals surface area contributed by atoms with E-state index in [2.05, 4.69) is 30.5 Å². The third-order valence-corrected chi connectivity index (χ3v) is 7.38. The van der Waals surface area contributed by atoms with Gasteiger partial charge in [0.15, 0.2) is 5.13 Å². The van der Waals surface area contributed by atoms with Crippen molar-refractivity contribution in [2.24, 2.45) is 0 Å². The summed E-state index contributed by atoms with van der Waals surface area (Å²) in [5, 5.41) is 6.17. The Kier molecular flexibility index (Phi) is 7.35. The summed E-state index contributed by atoms with van der Waals surface area (Å²) in [6, 6.07) is 8.67. The number of benzene rings is 1. The number of ether oxygens (including phenoxy) is 2. The molecule has 5 rings (SSSR count). The topological polar surface area (TPSA) is 122 Å². The summed E-state index contributed by atoms with van der Waals surface area (Å²) in [6.07, 6.45) is 3.86. The maximum atomic E-state index is 13.0. The molecule has 0 spiro atoms. The lowest BCUT2D eigenvalue weighted by Gasteiger charge is -2.27. The number of urea groups is 1. The van der Waals surface area contributed by atoms with Crippen LogP contribution in [0, 0.1) is 0 Å². The van der Waals surface area contributed by atoms with Crippen molar-refractivity contribution < 1.29 is 19.1 Å². The molecule has 3 aromatic rings. The number of fused-ring (bicyclic) bond motifs is 1. The van der Waals surface area contributed by atoms with Crippen LogP contribution in [0.25, 0.3) is 0 Å². The van der Waals surface area contributed by atoms with Gasteiger partial charge in [-0.25, -0.2) is 9.78 Å². The number of hydrogen-bond donors (Lipinski definition) is 2. The number of likely N-dealkylation sites (tertiary alicyclic amines) is 1. The van der Waals surface area contributed by atoms with Crippen LogP contribution in [-0.4, -0.2) is 65.6 Å². The van der Waals surface area contributed by atoms with E-state index in [1.54, 1.807) is 31.4 Å². The van der Waals surface area contributed by atoms with Gasteiger partial charge in [-0.2, -0.15) is 9.97 Å². The minimum Gasteiger partial charge on any atom is -0.481 e. The van der Waals surface area contributed by atoms with Crippen molar-refractivity contribution >= 4 is 39.9 Å². The molecule has 2 N–H and O–H groups in total. The van der Waals surface area contributed by atoms with E-state index >= 15 is 0 Å². The number of methoxy groups -OCH3 is 2. The fourth-order valence-corrected chi connectivity index (χ4v) is 5.51. The summed E-state index contributed by atoms with van der Waals surface area (Å²) < 4.78 is 10.5. The Morgan fingerprint density at radius 3 is 2.57 bits per heavy atom. The minimum atomic E-state index is -0.438. The molecule has 11 nitrogen and oxygen atoms in total. The van der Waals surface area contributed by atoms with Gasteiger partial charge in [0.05, 0.1) is 37.7 Å². The number of thiazole rings is 1. The number of carbonyl (C=O) groups is 2. The number of anilines is 3. The summed E-state index contributed by atoms with van der Waals surface area (Å²) in [5.74, 6) is 1.07. The highest BCUT2D eigenvalue weighted by molar-refractivity contribution is 7.15. The number of rotatable bonds is 6. The van der Waals surface area contributed by atoms with Gasteiger partial charge in [-0.1, -0.05) is 23.5 Å². The Balaban J connectivity index is 1.25. The molecule has 2 aliphatic heterocycles. The fraction of sp³-hybridized carbons (Fsp3) is 0.400. The van der Waals surface area contributed by atoms with Crippen molar-refractivity contribution in [3.8, 4) is 11.9 Å². The van der Waals surface area contributed by atoms with Crippen LogP contribution >= 0.6 is 11.3 Å². The van der Waals surface area contributed by atoms with Crippen molar-refractivity contribution in [3.05, 3.63) is 46.5 Å². The van der Waals surface area contributed by atoms with E-state index < -0.39 is 6.03 Å². The largest absolute Gasteiger partial charge is 0.481 e. The second-order valence-electron chi connectivity index (χ2n) is 8.79. The number of carbonyl (C=O) groups excluding carboxylic acids is 2. The average molecular weight is 524 g/mol. The molecule has 194 valence electrons. The van der Waals surface area contributed by atoms with Gasteiger partial charge in [0, 0.05) is 37.0 Å². The van der Waals surface area contributed by atoms with Gasteiger partial charge >= 0.3 is 12.0 Å². The highest BCUT2D eigenvalue weighted by Crippen LogP contribution is 2.32. The maximum absolute atomic E-state index is 13.0. The van der Waals surface area contributed by atoms with Crippen LogP contribution in [0.15, 0.2) is 30.3 Å². The van der Waals surface area contributed by atoms with Gasteiger partial charge in [0.2, 0.25) is 5.88 Å². The molecule has 37 heavy (non-hydrogen) atoms. The summed E-state index contributed by atoms with van der Waals surface area (Å²) >= 11 is 1.42. The van der Waals surface area contributed by atoms with Gasteiger partial charge in [-0.05, 0) is 31.4 Å². The smallest absolute Gasteiger partial charge is 0.325 e. The van der Waals surface area contributed by atoms with Gasteiger partial charge in [-0.15, -0.1) is 0 Å². The first-order chi connectivity index (χ1) is 18.0. The minimum absolute atomic E-state index is 0.0570. The van der Waals surface area contributed by atoms with Gasteiger partial charge in [-0.3, -0.25) is 10.1 Å². The van der Waals surface area contributed by atoms with Crippen LogP contribution in [-0.2, 0) is 13.0 Å². The molecule has 1 fully saturated rings. The molecule has 0 radical (unpaired) electrons. The van der Waals surface area contributed by atoms with E-state index in [0.717, 1.165) is 42.9 Å². The predicted molar refractivity (Wildman–Crippen MR) is 141 cm³/mol. The average Bonchev–Trinajstić information content (AvgIpc) is 3.34. The van der Waals surface area contributed by atoms with E-state index in [1.807, 2.05) is 11.0 Å². The lowest BCUT2D eigenvalue weighted by molar-refractivity contribution is 0.0725.